The van der Waals surface area contributed by atoms with E-state index in [1.165, 1.54) is 0 Å². The van der Waals surface area contributed by atoms with Gasteiger partial charge in [0.1, 0.15) is 17.2 Å². The monoisotopic (exact) mass is 448 g/mol. The van der Waals surface area contributed by atoms with Crippen LogP contribution in [0.5, 0.6) is 17.2 Å². The Kier molecular flexibility index (Phi) is 8.84. The highest BCUT2D eigenvalue weighted by atomic mass is 16.5. The van der Waals surface area contributed by atoms with E-state index in [-0.39, 0.29) is 12.0 Å². The van der Waals surface area contributed by atoms with Crippen LogP contribution in [0.3, 0.4) is 0 Å². The molecule has 174 valence electrons. The van der Waals surface area contributed by atoms with Crippen molar-refractivity contribution in [3.63, 3.8) is 0 Å². The van der Waals surface area contributed by atoms with E-state index in [0.717, 1.165) is 17.9 Å². The number of amides is 1. The van der Waals surface area contributed by atoms with Gasteiger partial charge in [-0.25, -0.2) is 0 Å². The molecule has 0 aliphatic heterocycles. The highest BCUT2D eigenvalue weighted by molar-refractivity contribution is 6.05. The van der Waals surface area contributed by atoms with Crippen LogP contribution in [0.15, 0.2) is 60.7 Å². The van der Waals surface area contributed by atoms with E-state index >= 15 is 0 Å². The van der Waals surface area contributed by atoms with Gasteiger partial charge in [-0.1, -0.05) is 13.0 Å². The Morgan fingerprint density at radius 3 is 2.45 bits per heavy atom. The molecule has 6 heteroatoms. The summed E-state index contributed by atoms with van der Waals surface area (Å²) >= 11 is 0. The van der Waals surface area contributed by atoms with Crippen LogP contribution in [0.2, 0.25) is 0 Å². The number of carbonyl (C=O) groups excluding carboxylic acids is 1. The van der Waals surface area contributed by atoms with Gasteiger partial charge in [0.05, 0.1) is 24.0 Å². The molecule has 0 aliphatic carbocycles. The number of nitrogens with zero attached hydrogens (tertiary/aromatic N) is 1. The van der Waals surface area contributed by atoms with Gasteiger partial charge in [0.15, 0.2) is 0 Å². The van der Waals surface area contributed by atoms with Crippen LogP contribution in [0.1, 0.15) is 48.9 Å². The van der Waals surface area contributed by atoms with Crippen molar-refractivity contribution in [1.82, 2.24) is 4.98 Å². The first-order valence-electron chi connectivity index (χ1n) is 11.4. The molecule has 1 N–H and O–H groups in total. The normalized spacial score (nSPS) is 11.6. The van der Waals surface area contributed by atoms with Crippen LogP contribution in [0, 0.1) is 6.92 Å². The number of aryl methyl sites for hydroxylation is 1. The van der Waals surface area contributed by atoms with Gasteiger partial charge in [-0.3, -0.25) is 9.78 Å². The lowest BCUT2D eigenvalue weighted by Gasteiger charge is -2.13. The fourth-order valence-electron chi connectivity index (χ4n) is 3.39. The standard InChI is InChI=1S/C27H32N2O4/c1-5-16-32-24-8-7-9-25(18-24)33-23-13-10-21(11-14-23)29-27(30)26-15-12-22(28-20(26)4)17-19(3)31-6-2/h7-15,18-19H,5-6,16-17H2,1-4H3,(H,29,30). The molecule has 3 rings (SSSR count). The molecule has 6 nitrogen and oxygen atoms in total. The molecule has 3 aromatic rings. The van der Waals surface area contributed by atoms with E-state index in [0.29, 0.717) is 48.1 Å². The fraction of sp³-hybridized carbons (Fsp3) is 0.333. The van der Waals surface area contributed by atoms with Gasteiger partial charge in [-0.05, 0) is 75.7 Å². The minimum Gasteiger partial charge on any atom is -0.493 e. The third-order valence-electron chi connectivity index (χ3n) is 4.96. The molecule has 1 aromatic heterocycles. The van der Waals surface area contributed by atoms with E-state index in [4.69, 9.17) is 14.2 Å². The first-order valence-corrected chi connectivity index (χ1v) is 11.4. The van der Waals surface area contributed by atoms with E-state index in [2.05, 4.69) is 17.2 Å². The molecule has 2 aromatic carbocycles. The SMILES string of the molecule is CCCOc1cccc(Oc2ccc(NC(=O)c3ccc(CC(C)OCC)nc3C)cc2)c1. The van der Waals surface area contributed by atoms with Gasteiger partial charge in [-0.2, -0.15) is 0 Å². The van der Waals surface area contributed by atoms with Gasteiger partial charge >= 0.3 is 0 Å². The second-order valence-electron chi connectivity index (χ2n) is 7.81. The van der Waals surface area contributed by atoms with Crippen LogP contribution < -0.4 is 14.8 Å². The van der Waals surface area contributed by atoms with Crippen LogP contribution >= 0.6 is 0 Å². The maximum Gasteiger partial charge on any atom is 0.257 e. The average Bonchev–Trinajstić information content (AvgIpc) is 2.79. The molecule has 0 aliphatic rings. The quantitative estimate of drug-likeness (QED) is 0.379. The minimum absolute atomic E-state index is 0.0913. The number of nitrogens with one attached hydrogen (secondary N) is 1. The van der Waals surface area contributed by atoms with Crippen molar-refractivity contribution in [3.05, 3.63) is 77.6 Å². The Labute approximate surface area is 195 Å². The van der Waals surface area contributed by atoms with Crippen molar-refractivity contribution < 1.29 is 19.0 Å². The summed E-state index contributed by atoms with van der Waals surface area (Å²) in [4.78, 5) is 17.3. The third kappa shape index (κ3) is 7.32. The smallest absolute Gasteiger partial charge is 0.257 e. The van der Waals surface area contributed by atoms with Crippen molar-refractivity contribution in [1.29, 1.82) is 0 Å². The summed E-state index contributed by atoms with van der Waals surface area (Å²) in [7, 11) is 0. The van der Waals surface area contributed by atoms with E-state index in [1.54, 1.807) is 0 Å². The van der Waals surface area contributed by atoms with Gasteiger partial charge in [0.25, 0.3) is 5.91 Å². The number of ether oxygens (including phenoxy) is 3. The van der Waals surface area contributed by atoms with E-state index < -0.39 is 0 Å². The number of hydrogen-bond donors (Lipinski definition) is 1. The Bertz CT molecular complexity index is 1050. The number of carbonyl (C=O) groups is 1. The molecular formula is C27H32N2O4. The lowest BCUT2D eigenvalue weighted by atomic mass is 10.1. The number of benzene rings is 2. The molecule has 0 bridgehead atoms. The highest BCUT2D eigenvalue weighted by Gasteiger charge is 2.13. The molecule has 33 heavy (non-hydrogen) atoms. The zero-order valence-corrected chi connectivity index (χ0v) is 19.8. The lowest BCUT2D eigenvalue weighted by Crippen LogP contribution is -2.16. The summed E-state index contributed by atoms with van der Waals surface area (Å²) in [5, 5.41) is 2.92. The van der Waals surface area contributed by atoms with Crippen molar-refractivity contribution in [3.8, 4) is 17.2 Å². The van der Waals surface area contributed by atoms with Crippen molar-refractivity contribution >= 4 is 11.6 Å². The molecule has 0 radical (unpaired) electrons. The summed E-state index contributed by atoms with van der Waals surface area (Å²) in [6, 6.07) is 18.5. The molecular weight excluding hydrogens is 416 g/mol. The second kappa shape index (κ2) is 12.0. The van der Waals surface area contributed by atoms with Crippen molar-refractivity contribution in [2.24, 2.45) is 0 Å². The van der Waals surface area contributed by atoms with Gasteiger partial charge in [-0.15, -0.1) is 0 Å². The number of pyridine rings is 1. The van der Waals surface area contributed by atoms with Gasteiger partial charge in [0.2, 0.25) is 0 Å². The minimum atomic E-state index is -0.196. The Morgan fingerprint density at radius 1 is 1.00 bits per heavy atom. The van der Waals surface area contributed by atoms with Gasteiger partial charge < -0.3 is 19.5 Å². The molecule has 0 fully saturated rings. The molecule has 1 unspecified atom stereocenters. The summed E-state index contributed by atoms with van der Waals surface area (Å²) < 4.78 is 17.1. The highest BCUT2D eigenvalue weighted by Crippen LogP contribution is 2.26. The Hall–Kier alpha value is -3.38. The number of hydrogen-bond acceptors (Lipinski definition) is 5. The maximum absolute atomic E-state index is 12.7. The molecule has 0 saturated heterocycles. The summed E-state index contributed by atoms with van der Waals surface area (Å²) in [6.45, 7) is 9.25. The maximum atomic E-state index is 12.7. The van der Waals surface area contributed by atoms with Crippen LogP contribution in [-0.2, 0) is 11.2 Å². The van der Waals surface area contributed by atoms with E-state index in [9.17, 15) is 4.79 Å². The van der Waals surface area contributed by atoms with E-state index in [1.807, 2.05) is 81.4 Å². The zero-order valence-electron chi connectivity index (χ0n) is 19.8. The molecule has 1 atom stereocenters. The lowest BCUT2D eigenvalue weighted by molar-refractivity contribution is 0.0761. The van der Waals surface area contributed by atoms with Crippen LogP contribution in [0.25, 0.3) is 0 Å². The zero-order chi connectivity index (χ0) is 23.6. The molecule has 1 heterocycles. The molecule has 1 amide bonds. The summed E-state index contributed by atoms with van der Waals surface area (Å²) in [5.74, 6) is 1.95. The average molecular weight is 449 g/mol. The van der Waals surface area contributed by atoms with Crippen LogP contribution in [0.4, 0.5) is 5.69 Å². The largest absolute Gasteiger partial charge is 0.493 e. The van der Waals surface area contributed by atoms with Crippen LogP contribution in [-0.4, -0.2) is 30.2 Å². The summed E-state index contributed by atoms with van der Waals surface area (Å²) in [6.07, 6.45) is 1.75. The van der Waals surface area contributed by atoms with Gasteiger partial charge in [0, 0.05) is 30.5 Å². The number of anilines is 1. The Morgan fingerprint density at radius 2 is 1.76 bits per heavy atom. The molecule has 0 saturated carbocycles. The number of rotatable bonds is 11. The third-order valence-corrected chi connectivity index (χ3v) is 4.96. The first kappa shape index (κ1) is 24.3. The topological polar surface area (TPSA) is 69.7 Å². The molecule has 0 spiro atoms. The second-order valence-corrected chi connectivity index (χ2v) is 7.81. The summed E-state index contributed by atoms with van der Waals surface area (Å²) in [5.41, 5.74) is 2.84. The Balaban J connectivity index is 1.60. The first-order chi connectivity index (χ1) is 16.0. The number of aromatic nitrogens is 1. The predicted octanol–water partition coefficient (Wildman–Crippen LogP) is 6.19. The fourth-order valence-corrected chi connectivity index (χ4v) is 3.39. The van der Waals surface area contributed by atoms with Crippen molar-refractivity contribution in [2.45, 2.75) is 46.6 Å². The van der Waals surface area contributed by atoms with Crippen molar-refractivity contribution in [2.75, 3.05) is 18.5 Å². The predicted molar refractivity (Wildman–Crippen MR) is 130 cm³/mol.